The third-order valence-electron chi connectivity index (χ3n) is 4.45. The molecule has 1 aliphatic carbocycles. The number of carbonyl (C=O) groups excluding carboxylic acids is 1. The fraction of sp³-hybridized carbons (Fsp3) is 0.588. The molecule has 0 unspecified atom stereocenters. The SMILES string of the molecule is O=C(Oc1ccc(F)c(F)c1)C1CCC(C2OCCCO2)CC1. The van der Waals surface area contributed by atoms with Crippen LogP contribution in [0.2, 0.25) is 0 Å². The molecule has 0 atom stereocenters. The second kappa shape index (κ2) is 7.36. The summed E-state index contributed by atoms with van der Waals surface area (Å²) in [6.45, 7) is 1.45. The Kier molecular flexibility index (Phi) is 5.23. The van der Waals surface area contributed by atoms with Gasteiger partial charge in [0.25, 0.3) is 0 Å². The first-order chi connectivity index (χ1) is 11.1. The minimum absolute atomic E-state index is 0.0370. The standard InChI is InChI=1S/C17H20F2O4/c18-14-7-6-13(10-15(14)19)23-16(20)11-2-4-12(5-3-11)17-21-8-1-9-22-17/h6-7,10-12,17H,1-5,8-9H2. The second-order valence-electron chi connectivity index (χ2n) is 6.07. The van der Waals surface area contributed by atoms with Gasteiger partial charge in [0.2, 0.25) is 0 Å². The van der Waals surface area contributed by atoms with Crippen molar-refractivity contribution in [1.29, 1.82) is 0 Å². The third-order valence-corrected chi connectivity index (χ3v) is 4.45. The summed E-state index contributed by atoms with van der Waals surface area (Å²) in [5, 5.41) is 0. The number of ether oxygens (including phenoxy) is 3. The highest BCUT2D eigenvalue weighted by Crippen LogP contribution is 2.34. The summed E-state index contributed by atoms with van der Waals surface area (Å²) in [4.78, 5) is 12.1. The van der Waals surface area contributed by atoms with Crippen molar-refractivity contribution in [1.82, 2.24) is 0 Å². The van der Waals surface area contributed by atoms with Crippen LogP contribution in [0.3, 0.4) is 0 Å². The zero-order valence-corrected chi connectivity index (χ0v) is 12.8. The lowest BCUT2D eigenvalue weighted by molar-refractivity contribution is -0.210. The lowest BCUT2D eigenvalue weighted by atomic mass is 9.81. The van der Waals surface area contributed by atoms with Crippen molar-refractivity contribution >= 4 is 5.97 Å². The molecule has 1 saturated heterocycles. The van der Waals surface area contributed by atoms with Crippen molar-refractivity contribution in [2.45, 2.75) is 38.4 Å². The largest absolute Gasteiger partial charge is 0.426 e. The second-order valence-corrected chi connectivity index (χ2v) is 6.07. The molecule has 1 aliphatic heterocycles. The van der Waals surface area contributed by atoms with Crippen LogP contribution in [0.4, 0.5) is 8.78 Å². The number of hydrogen-bond donors (Lipinski definition) is 0. The average Bonchev–Trinajstić information content (AvgIpc) is 2.59. The van der Waals surface area contributed by atoms with E-state index in [-0.39, 0.29) is 23.9 Å². The Morgan fingerprint density at radius 1 is 1.04 bits per heavy atom. The van der Waals surface area contributed by atoms with Crippen molar-refractivity contribution < 1.29 is 27.8 Å². The molecule has 4 nitrogen and oxygen atoms in total. The van der Waals surface area contributed by atoms with Crippen molar-refractivity contribution in [2.75, 3.05) is 13.2 Å². The first kappa shape index (κ1) is 16.3. The Labute approximate surface area is 133 Å². The number of halogens is 2. The maximum absolute atomic E-state index is 13.1. The van der Waals surface area contributed by atoms with Gasteiger partial charge in [-0.3, -0.25) is 4.79 Å². The lowest BCUT2D eigenvalue weighted by Gasteiger charge is -2.34. The first-order valence-corrected chi connectivity index (χ1v) is 8.03. The Balaban J connectivity index is 1.50. The van der Waals surface area contributed by atoms with Gasteiger partial charge in [-0.05, 0) is 44.2 Å². The molecule has 0 bridgehead atoms. The molecule has 1 heterocycles. The monoisotopic (exact) mass is 326 g/mol. The molecule has 126 valence electrons. The zero-order chi connectivity index (χ0) is 16.2. The molecule has 1 aromatic carbocycles. The fourth-order valence-corrected chi connectivity index (χ4v) is 3.15. The van der Waals surface area contributed by atoms with E-state index < -0.39 is 11.6 Å². The first-order valence-electron chi connectivity index (χ1n) is 8.03. The molecule has 0 N–H and O–H groups in total. The van der Waals surface area contributed by atoms with E-state index >= 15 is 0 Å². The van der Waals surface area contributed by atoms with Gasteiger partial charge in [0, 0.05) is 12.0 Å². The van der Waals surface area contributed by atoms with Crippen LogP contribution in [-0.4, -0.2) is 25.5 Å². The predicted molar refractivity (Wildman–Crippen MR) is 77.8 cm³/mol. The average molecular weight is 326 g/mol. The van der Waals surface area contributed by atoms with Gasteiger partial charge < -0.3 is 14.2 Å². The highest BCUT2D eigenvalue weighted by atomic mass is 19.2. The summed E-state index contributed by atoms with van der Waals surface area (Å²) < 4.78 is 42.4. The summed E-state index contributed by atoms with van der Waals surface area (Å²) in [6.07, 6.45) is 3.82. The summed E-state index contributed by atoms with van der Waals surface area (Å²) in [6, 6.07) is 3.10. The van der Waals surface area contributed by atoms with E-state index in [0.29, 0.717) is 18.8 Å². The molecule has 2 aliphatic rings. The number of esters is 1. The Hall–Kier alpha value is -1.53. The molecule has 1 aromatic rings. The van der Waals surface area contributed by atoms with Crippen LogP contribution in [0.5, 0.6) is 5.75 Å². The van der Waals surface area contributed by atoms with Crippen molar-refractivity contribution in [3.8, 4) is 5.75 Å². The molecule has 0 aromatic heterocycles. The molecule has 0 spiro atoms. The number of benzene rings is 1. The smallest absolute Gasteiger partial charge is 0.314 e. The van der Waals surface area contributed by atoms with Crippen LogP contribution < -0.4 is 4.74 Å². The van der Waals surface area contributed by atoms with E-state index in [2.05, 4.69) is 0 Å². The van der Waals surface area contributed by atoms with E-state index in [4.69, 9.17) is 14.2 Å². The van der Waals surface area contributed by atoms with Gasteiger partial charge in [-0.25, -0.2) is 8.78 Å². The van der Waals surface area contributed by atoms with E-state index in [1.807, 2.05) is 0 Å². The van der Waals surface area contributed by atoms with Crippen molar-refractivity contribution in [2.24, 2.45) is 11.8 Å². The maximum Gasteiger partial charge on any atom is 0.314 e. The van der Waals surface area contributed by atoms with Gasteiger partial charge in [-0.2, -0.15) is 0 Å². The van der Waals surface area contributed by atoms with Gasteiger partial charge in [0.1, 0.15) is 5.75 Å². The van der Waals surface area contributed by atoms with Crippen molar-refractivity contribution in [3.05, 3.63) is 29.8 Å². The molecule has 0 radical (unpaired) electrons. The van der Waals surface area contributed by atoms with E-state index in [9.17, 15) is 13.6 Å². The molecular weight excluding hydrogens is 306 g/mol. The van der Waals surface area contributed by atoms with Crippen molar-refractivity contribution in [3.63, 3.8) is 0 Å². The number of rotatable bonds is 3. The lowest BCUT2D eigenvalue weighted by Crippen LogP contribution is -2.36. The molecule has 0 amide bonds. The van der Waals surface area contributed by atoms with Gasteiger partial charge in [0.05, 0.1) is 19.1 Å². The summed E-state index contributed by atoms with van der Waals surface area (Å²) in [5.41, 5.74) is 0. The molecule has 6 heteroatoms. The van der Waals surface area contributed by atoms with Crippen LogP contribution in [0.25, 0.3) is 0 Å². The number of carbonyl (C=O) groups is 1. The highest BCUT2D eigenvalue weighted by Gasteiger charge is 2.33. The topological polar surface area (TPSA) is 44.8 Å². The van der Waals surface area contributed by atoms with E-state index in [1.165, 1.54) is 6.07 Å². The van der Waals surface area contributed by atoms with Gasteiger partial charge in [-0.15, -0.1) is 0 Å². The minimum atomic E-state index is -1.02. The minimum Gasteiger partial charge on any atom is -0.426 e. The third kappa shape index (κ3) is 4.06. The van der Waals surface area contributed by atoms with Crippen LogP contribution in [0.1, 0.15) is 32.1 Å². The van der Waals surface area contributed by atoms with Crippen LogP contribution >= 0.6 is 0 Å². The highest BCUT2D eigenvalue weighted by molar-refractivity contribution is 5.75. The quantitative estimate of drug-likeness (QED) is 0.630. The van der Waals surface area contributed by atoms with Crippen LogP contribution in [-0.2, 0) is 14.3 Å². The number of hydrogen-bond acceptors (Lipinski definition) is 4. The summed E-state index contributed by atoms with van der Waals surface area (Å²) >= 11 is 0. The Bertz CT molecular complexity index is 550. The van der Waals surface area contributed by atoms with E-state index in [0.717, 1.165) is 44.6 Å². The van der Waals surface area contributed by atoms with Gasteiger partial charge in [-0.1, -0.05) is 0 Å². The Morgan fingerprint density at radius 2 is 1.74 bits per heavy atom. The van der Waals surface area contributed by atoms with Crippen LogP contribution in [0, 0.1) is 23.5 Å². The Morgan fingerprint density at radius 3 is 2.39 bits per heavy atom. The molecule has 1 saturated carbocycles. The zero-order valence-electron chi connectivity index (χ0n) is 12.8. The fourth-order valence-electron chi connectivity index (χ4n) is 3.15. The van der Waals surface area contributed by atoms with Gasteiger partial charge >= 0.3 is 5.97 Å². The van der Waals surface area contributed by atoms with Gasteiger partial charge in [0.15, 0.2) is 17.9 Å². The predicted octanol–water partition coefficient (Wildman–Crippen LogP) is 3.44. The van der Waals surface area contributed by atoms with Crippen LogP contribution in [0.15, 0.2) is 18.2 Å². The van der Waals surface area contributed by atoms with E-state index in [1.54, 1.807) is 0 Å². The normalized spacial score (nSPS) is 26.0. The maximum atomic E-state index is 13.1. The summed E-state index contributed by atoms with van der Waals surface area (Å²) in [7, 11) is 0. The molecule has 3 rings (SSSR count). The molecule has 2 fully saturated rings. The summed E-state index contributed by atoms with van der Waals surface area (Å²) in [5.74, 6) is -2.25. The molecule has 23 heavy (non-hydrogen) atoms. The molecular formula is C17H20F2O4.